The summed E-state index contributed by atoms with van der Waals surface area (Å²) in [5.41, 5.74) is 0.892. The second-order valence-corrected chi connectivity index (χ2v) is 5.62. The van der Waals surface area contributed by atoms with Gasteiger partial charge in [-0.3, -0.25) is 4.90 Å². The number of hydrogen-bond acceptors (Lipinski definition) is 7. The largest absolute Gasteiger partial charge is 0.493 e. The van der Waals surface area contributed by atoms with Crippen LogP contribution < -0.4 is 14.2 Å². The molecule has 0 unspecified atom stereocenters. The number of β-amino-alcohol motifs (C(OH)–C–C–N with tert-alkyl or cyclic N) is 1. The third-order valence-electron chi connectivity index (χ3n) is 3.88. The Morgan fingerprint density at radius 2 is 1.71 bits per heavy atom. The van der Waals surface area contributed by atoms with Crippen LogP contribution in [-0.4, -0.2) is 76.9 Å². The van der Waals surface area contributed by atoms with Crippen LogP contribution in [0.25, 0.3) is 0 Å². The summed E-state index contributed by atoms with van der Waals surface area (Å²) in [6.07, 6.45) is -0.523. The minimum Gasteiger partial charge on any atom is -0.493 e. The van der Waals surface area contributed by atoms with E-state index in [1.807, 2.05) is 12.1 Å². The number of methoxy groups -OCH3 is 3. The summed E-state index contributed by atoms with van der Waals surface area (Å²) in [4.78, 5) is 2.18. The highest BCUT2D eigenvalue weighted by Crippen LogP contribution is 2.38. The molecule has 0 spiro atoms. The van der Waals surface area contributed by atoms with Crippen molar-refractivity contribution in [1.82, 2.24) is 4.90 Å². The lowest BCUT2D eigenvalue weighted by molar-refractivity contribution is -0.0175. The predicted octanol–water partition coefficient (Wildman–Crippen LogP) is 0.922. The van der Waals surface area contributed by atoms with Gasteiger partial charge in [0, 0.05) is 19.6 Å². The van der Waals surface area contributed by atoms with Gasteiger partial charge in [0.1, 0.15) is 0 Å². The molecule has 1 aromatic rings. The van der Waals surface area contributed by atoms with Crippen LogP contribution in [0.4, 0.5) is 0 Å². The van der Waals surface area contributed by atoms with E-state index in [2.05, 4.69) is 4.90 Å². The minimum atomic E-state index is -0.523. The molecule has 0 saturated carbocycles. The summed E-state index contributed by atoms with van der Waals surface area (Å²) >= 11 is 0. The second-order valence-electron chi connectivity index (χ2n) is 5.62. The molecule has 1 aliphatic heterocycles. The van der Waals surface area contributed by atoms with Crippen molar-refractivity contribution in [1.29, 1.82) is 0 Å². The maximum absolute atomic E-state index is 10.1. The third-order valence-corrected chi connectivity index (χ3v) is 3.88. The molecule has 0 radical (unpaired) electrons. The number of ether oxygens (including phenoxy) is 5. The van der Waals surface area contributed by atoms with Crippen LogP contribution in [0.5, 0.6) is 17.2 Å². The van der Waals surface area contributed by atoms with E-state index in [-0.39, 0.29) is 6.61 Å². The third kappa shape index (κ3) is 5.24. The average molecular weight is 341 g/mol. The number of rotatable bonds is 9. The van der Waals surface area contributed by atoms with E-state index in [9.17, 15) is 5.11 Å². The number of hydrogen-bond donors (Lipinski definition) is 1. The van der Waals surface area contributed by atoms with Gasteiger partial charge in [-0.2, -0.15) is 0 Å². The first kappa shape index (κ1) is 18.8. The molecule has 1 atom stereocenters. The maximum atomic E-state index is 10.1. The average Bonchev–Trinajstić information content (AvgIpc) is 2.61. The molecule has 7 nitrogen and oxygen atoms in total. The van der Waals surface area contributed by atoms with Crippen molar-refractivity contribution in [2.75, 3.05) is 60.8 Å². The monoisotopic (exact) mass is 341 g/mol. The number of nitrogens with zero attached hydrogens (tertiary/aromatic N) is 1. The molecule has 1 aromatic carbocycles. The Morgan fingerprint density at radius 3 is 2.25 bits per heavy atom. The number of aliphatic hydroxyl groups is 1. The van der Waals surface area contributed by atoms with E-state index in [0.717, 1.165) is 31.9 Å². The summed E-state index contributed by atoms with van der Waals surface area (Å²) in [6, 6.07) is 3.69. The van der Waals surface area contributed by atoms with Crippen LogP contribution in [-0.2, 0) is 16.1 Å². The van der Waals surface area contributed by atoms with Crippen molar-refractivity contribution in [2.45, 2.75) is 12.7 Å². The normalized spacial score (nSPS) is 16.7. The van der Waals surface area contributed by atoms with Crippen molar-refractivity contribution in [3.8, 4) is 17.2 Å². The zero-order valence-corrected chi connectivity index (χ0v) is 14.6. The molecular weight excluding hydrogens is 314 g/mol. The van der Waals surface area contributed by atoms with Crippen LogP contribution in [0, 0.1) is 0 Å². The highest BCUT2D eigenvalue weighted by molar-refractivity contribution is 5.53. The molecule has 2 rings (SSSR count). The lowest BCUT2D eigenvalue weighted by Crippen LogP contribution is -2.42. The lowest BCUT2D eigenvalue weighted by Gasteiger charge is -2.28. The SMILES string of the molecule is COc1cc(COC[C@H](O)CN2CCOCC2)cc(OC)c1OC. The molecule has 7 heteroatoms. The molecule has 1 heterocycles. The molecule has 24 heavy (non-hydrogen) atoms. The Labute approximate surface area is 143 Å². The fourth-order valence-corrected chi connectivity index (χ4v) is 2.67. The Hall–Kier alpha value is -1.54. The molecule has 1 aliphatic rings. The number of morpholine rings is 1. The summed E-state index contributed by atoms with van der Waals surface area (Å²) < 4.78 is 26.9. The van der Waals surface area contributed by atoms with E-state index in [1.165, 1.54) is 0 Å². The van der Waals surface area contributed by atoms with Gasteiger partial charge in [0.25, 0.3) is 0 Å². The van der Waals surface area contributed by atoms with Gasteiger partial charge in [-0.15, -0.1) is 0 Å². The van der Waals surface area contributed by atoms with Gasteiger partial charge >= 0.3 is 0 Å². The van der Waals surface area contributed by atoms with Crippen LogP contribution in [0.2, 0.25) is 0 Å². The first-order chi connectivity index (χ1) is 11.7. The topological polar surface area (TPSA) is 69.6 Å². The second kappa shape index (κ2) is 9.68. The van der Waals surface area contributed by atoms with Gasteiger partial charge in [0.15, 0.2) is 11.5 Å². The van der Waals surface area contributed by atoms with Gasteiger partial charge in [0.2, 0.25) is 5.75 Å². The van der Waals surface area contributed by atoms with Crippen molar-refractivity contribution in [3.63, 3.8) is 0 Å². The van der Waals surface area contributed by atoms with E-state index >= 15 is 0 Å². The van der Waals surface area contributed by atoms with E-state index in [0.29, 0.717) is 30.4 Å². The first-order valence-electron chi connectivity index (χ1n) is 8.02. The van der Waals surface area contributed by atoms with Crippen molar-refractivity contribution in [2.24, 2.45) is 0 Å². The zero-order valence-electron chi connectivity index (χ0n) is 14.6. The Bertz CT molecular complexity index is 479. The smallest absolute Gasteiger partial charge is 0.203 e. The molecule has 0 aromatic heterocycles. The molecule has 1 fully saturated rings. The summed E-state index contributed by atoms with van der Waals surface area (Å²) in [7, 11) is 4.72. The fourth-order valence-electron chi connectivity index (χ4n) is 2.67. The lowest BCUT2D eigenvalue weighted by atomic mass is 10.2. The van der Waals surface area contributed by atoms with Crippen LogP contribution in [0.15, 0.2) is 12.1 Å². The highest BCUT2D eigenvalue weighted by Gasteiger charge is 2.16. The Balaban J connectivity index is 1.84. The zero-order chi connectivity index (χ0) is 17.4. The predicted molar refractivity (Wildman–Crippen MR) is 89.0 cm³/mol. The van der Waals surface area contributed by atoms with Crippen LogP contribution >= 0.6 is 0 Å². The fraction of sp³-hybridized carbons (Fsp3) is 0.647. The Kier molecular flexibility index (Phi) is 7.58. The van der Waals surface area contributed by atoms with Crippen LogP contribution in [0.1, 0.15) is 5.56 Å². The summed E-state index contributed by atoms with van der Waals surface area (Å²) in [5, 5.41) is 10.1. The highest BCUT2D eigenvalue weighted by atomic mass is 16.5. The molecule has 1 N–H and O–H groups in total. The molecule has 0 amide bonds. The van der Waals surface area contributed by atoms with Gasteiger partial charge in [0.05, 0.1) is 53.9 Å². The standard InChI is InChI=1S/C17H27NO6/c1-20-15-8-13(9-16(21-2)17(15)22-3)11-24-12-14(19)10-18-4-6-23-7-5-18/h8-9,14,19H,4-7,10-12H2,1-3H3/t14-/m1/s1. The van der Waals surface area contributed by atoms with Crippen LogP contribution in [0.3, 0.4) is 0 Å². The van der Waals surface area contributed by atoms with Gasteiger partial charge in [-0.1, -0.05) is 0 Å². The van der Waals surface area contributed by atoms with E-state index < -0.39 is 6.10 Å². The van der Waals surface area contributed by atoms with E-state index in [1.54, 1.807) is 21.3 Å². The summed E-state index contributed by atoms with van der Waals surface area (Å²) in [5.74, 6) is 1.73. The molecular formula is C17H27NO6. The van der Waals surface area contributed by atoms with Gasteiger partial charge < -0.3 is 28.8 Å². The maximum Gasteiger partial charge on any atom is 0.203 e. The van der Waals surface area contributed by atoms with E-state index in [4.69, 9.17) is 23.7 Å². The molecule has 136 valence electrons. The van der Waals surface area contributed by atoms with Gasteiger partial charge in [-0.25, -0.2) is 0 Å². The molecule has 0 aliphatic carbocycles. The Morgan fingerprint density at radius 1 is 1.08 bits per heavy atom. The summed E-state index contributed by atoms with van der Waals surface area (Å²) in [6.45, 7) is 4.37. The minimum absolute atomic E-state index is 0.272. The molecule has 1 saturated heterocycles. The quantitative estimate of drug-likeness (QED) is 0.716. The molecule has 0 bridgehead atoms. The number of aliphatic hydroxyl groups excluding tert-OH is 1. The first-order valence-corrected chi connectivity index (χ1v) is 8.02. The van der Waals surface area contributed by atoms with Gasteiger partial charge in [-0.05, 0) is 17.7 Å². The van der Waals surface area contributed by atoms with Crippen molar-refractivity contribution in [3.05, 3.63) is 17.7 Å². The van der Waals surface area contributed by atoms with Crippen molar-refractivity contribution < 1.29 is 28.8 Å². The number of benzene rings is 1. The van der Waals surface area contributed by atoms with Crippen molar-refractivity contribution >= 4 is 0 Å².